The first kappa shape index (κ1) is 16.7. The van der Waals surface area contributed by atoms with Crippen LogP contribution in [0.3, 0.4) is 0 Å². The summed E-state index contributed by atoms with van der Waals surface area (Å²) in [5.41, 5.74) is 0. The minimum absolute atomic E-state index is 0.0569. The Morgan fingerprint density at radius 3 is 2.57 bits per heavy atom. The topological polar surface area (TPSA) is 61.4 Å². The molecular weight excluding hydrogens is 290 g/mol. The molecule has 130 valence electrons. The van der Waals surface area contributed by atoms with Crippen LogP contribution in [0.15, 0.2) is 0 Å². The van der Waals surface area contributed by atoms with Gasteiger partial charge in [0, 0.05) is 12.6 Å². The van der Waals surface area contributed by atoms with Gasteiger partial charge in [-0.05, 0) is 51.0 Å². The molecule has 23 heavy (non-hydrogen) atoms. The fraction of sp³-hybridized carbons (Fsp3) is 0.889. The summed E-state index contributed by atoms with van der Waals surface area (Å²) in [6.45, 7) is 1.17. The predicted molar refractivity (Wildman–Crippen MR) is 89.9 cm³/mol. The average molecular weight is 321 g/mol. The zero-order valence-electron chi connectivity index (χ0n) is 14.4. The zero-order valence-corrected chi connectivity index (χ0v) is 14.4. The molecule has 3 rings (SSSR count). The summed E-state index contributed by atoms with van der Waals surface area (Å²) < 4.78 is 0. The van der Waals surface area contributed by atoms with E-state index >= 15 is 0 Å². The lowest BCUT2D eigenvalue weighted by atomic mass is 9.83. The first-order valence-electron chi connectivity index (χ1n) is 9.45. The molecule has 0 aromatic heterocycles. The Bertz CT molecular complexity index is 434. The van der Waals surface area contributed by atoms with Crippen LogP contribution < -0.4 is 10.6 Å². The minimum atomic E-state index is -0.310. The summed E-state index contributed by atoms with van der Waals surface area (Å²) in [6, 6.07) is 0.130. The van der Waals surface area contributed by atoms with Gasteiger partial charge in [-0.15, -0.1) is 0 Å². The highest BCUT2D eigenvalue weighted by atomic mass is 16.2. The fourth-order valence-electron chi connectivity index (χ4n) is 4.92. The molecule has 0 radical (unpaired) electrons. The number of carbonyl (C=O) groups is 2. The second-order valence-corrected chi connectivity index (χ2v) is 7.55. The molecule has 1 saturated heterocycles. The summed E-state index contributed by atoms with van der Waals surface area (Å²) >= 11 is 0. The minimum Gasteiger partial charge on any atom is -0.343 e. The molecule has 2 aliphatic carbocycles. The van der Waals surface area contributed by atoms with E-state index in [1.807, 2.05) is 0 Å². The van der Waals surface area contributed by atoms with Crippen LogP contribution in [0.5, 0.6) is 0 Å². The Kier molecular flexibility index (Phi) is 5.57. The Hall–Kier alpha value is -1.10. The van der Waals surface area contributed by atoms with E-state index in [1.165, 1.54) is 32.1 Å². The highest BCUT2D eigenvalue weighted by Crippen LogP contribution is 2.39. The van der Waals surface area contributed by atoms with Gasteiger partial charge in [-0.25, -0.2) is 0 Å². The van der Waals surface area contributed by atoms with Gasteiger partial charge in [-0.1, -0.05) is 25.7 Å². The van der Waals surface area contributed by atoms with Crippen LogP contribution in [0.2, 0.25) is 0 Å². The van der Waals surface area contributed by atoms with Gasteiger partial charge in [0.05, 0.1) is 6.54 Å². The van der Waals surface area contributed by atoms with Crippen molar-refractivity contribution in [1.29, 1.82) is 0 Å². The van der Waals surface area contributed by atoms with Crippen molar-refractivity contribution in [3.05, 3.63) is 0 Å². The van der Waals surface area contributed by atoms with Crippen LogP contribution in [0.1, 0.15) is 57.8 Å². The maximum atomic E-state index is 13.2. The van der Waals surface area contributed by atoms with Crippen molar-refractivity contribution in [2.45, 2.75) is 69.9 Å². The average Bonchev–Trinajstić information content (AvgIpc) is 3.16. The van der Waals surface area contributed by atoms with Gasteiger partial charge in [-0.2, -0.15) is 0 Å². The maximum absolute atomic E-state index is 13.2. The molecule has 3 fully saturated rings. The van der Waals surface area contributed by atoms with E-state index in [1.54, 1.807) is 7.05 Å². The van der Waals surface area contributed by atoms with E-state index in [2.05, 4.69) is 15.5 Å². The number of hydrogen-bond acceptors (Lipinski definition) is 3. The Morgan fingerprint density at radius 1 is 1.04 bits per heavy atom. The molecule has 5 nitrogen and oxygen atoms in total. The first-order chi connectivity index (χ1) is 11.2. The van der Waals surface area contributed by atoms with E-state index in [4.69, 9.17) is 0 Å². The largest absolute Gasteiger partial charge is 0.343 e. The third kappa shape index (κ3) is 3.70. The van der Waals surface area contributed by atoms with Crippen molar-refractivity contribution in [3.8, 4) is 0 Å². The van der Waals surface area contributed by atoms with Crippen LogP contribution >= 0.6 is 0 Å². The SMILES string of the molecule is CNCC(=O)NC(C(=O)N1CCC2CCCC21)C1CCCCC1. The molecule has 5 heteroatoms. The maximum Gasteiger partial charge on any atom is 0.245 e. The van der Waals surface area contributed by atoms with Crippen LogP contribution in [0.4, 0.5) is 0 Å². The van der Waals surface area contributed by atoms with Gasteiger partial charge in [-0.3, -0.25) is 9.59 Å². The molecule has 1 heterocycles. The van der Waals surface area contributed by atoms with Crippen molar-refractivity contribution in [2.24, 2.45) is 11.8 Å². The van der Waals surface area contributed by atoms with Gasteiger partial charge in [0.15, 0.2) is 0 Å². The summed E-state index contributed by atoms with van der Waals surface area (Å²) in [4.78, 5) is 27.4. The third-order valence-corrected chi connectivity index (χ3v) is 6.08. The van der Waals surface area contributed by atoms with E-state index in [9.17, 15) is 9.59 Å². The first-order valence-corrected chi connectivity index (χ1v) is 9.45. The van der Waals surface area contributed by atoms with Gasteiger partial charge in [0.1, 0.15) is 6.04 Å². The zero-order chi connectivity index (χ0) is 16.2. The number of fused-ring (bicyclic) bond motifs is 1. The molecule has 0 spiro atoms. The highest BCUT2D eigenvalue weighted by Gasteiger charge is 2.43. The number of likely N-dealkylation sites (N-methyl/N-ethyl adjacent to an activating group) is 1. The van der Waals surface area contributed by atoms with E-state index < -0.39 is 0 Å². The predicted octanol–water partition coefficient (Wildman–Crippen LogP) is 1.67. The van der Waals surface area contributed by atoms with Crippen molar-refractivity contribution < 1.29 is 9.59 Å². The number of nitrogens with one attached hydrogen (secondary N) is 2. The van der Waals surface area contributed by atoms with Crippen LogP contribution in [0.25, 0.3) is 0 Å². The number of nitrogens with zero attached hydrogens (tertiary/aromatic N) is 1. The van der Waals surface area contributed by atoms with Gasteiger partial charge in [0.25, 0.3) is 0 Å². The van der Waals surface area contributed by atoms with E-state index in [0.717, 1.165) is 32.2 Å². The molecule has 3 unspecified atom stereocenters. The standard InChI is InChI=1S/C18H31N3O2/c1-19-12-16(22)20-17(14-6-3-2-4-7-14)18(23)21-11-10-13-8-5-9-15(13)21/h13-15,17,19H,2-12H2,1H3,(H,20,22). The van der Waals surface area contributed by atoms with Crippen molar-refractivity contribution >= 4 is 11.8 Å². The van der Waals surface area contributed by atoms with Gasteiger partial charge in [0.2, 0.25) is 11.8 Å². The molecule has 0 aromatic carbocycles. The lowest BCUT2D eigenvalue weighted by molar-refractivity contribution is -0.139. The van der Waals surface area contributed by atoms with Crippen molar-refractivity contribution in [3.63, 3.8) is 0 Å². The number of likely N-dealkylation sites (tertiary alicyclic amines) is 1. The second-order valence-electron chi connectivity index (χ2n) is 7.55. The number of amides is 2. The van der Waals surface area contributed by atoms with Crippen molar-refractivity contribution in [2.75, 3.05) is 20.1 Å². The van der Waals surface area contributed by atoms with Gasteiger partial charge < -0.3 is 15.5 Å². The normalized spacial score (nSPS) is 29.3. The molecule has 3 atom stereocenters. The van der Waals surface area contributed by atoms with Gasteiger partial charge >= 0.3 is 0 Å². The lowest BCUT2D eigenvalue weighted by Gasteiger charge is -2.35. The lowest BCUT2D eigenvalue weighted by Crippen LogP contribution is -2.55. The molecular formula is C18H31N3O2. The monoisotopic (exact) mass is 321 g/mol. The number of carbonyl (C=O) groups excluding carboxylic acids is 2. The summed E-state index contributed by atoms with van der Waals surface area (Å²) in [5.74, 6) is 1.16. The Balaban J connectivity index is 1.70. The van der Waals surface area contributed by atoms with Crippen LogP contribution in [-0.4, -0.2) is 48.9 Å². The molecule has 2 N–H and O–H groups in total. The molecule has 0 aromatic rings. The number of hydrogen-bond donors (Lipinski definition) is 2. The van der Waals surface area contributed by atoms with E-state index in [-0.39, 0.29) is 24.4 Å². The summed E-state index contributed by atoms with van der Waals surface area (Å²) in [6.07, 6.45) is 10.6. The second kappa shape index (κ2) is 7.65. The van der Waals surface area contributed by atoms with Crippen LogP contribution in [-0.2, 0) is 9.59 Å². The summed E-state index contributed by atoms with van der Waals surface area (Å²) in [5, 5.41) is 5.94. The quantitative estimate of drug-likeness (QED) is 0.810. The molecule has 2 saturated carbocycles. The molecule has 2 amide bonds. The smallest absolute Gasteiger partial charge is 0.245 e. The van der Waals surface area contributed by atoms with Crippen molar-refractivity contribution in [1.82, 2.24) is 15.5 Å². The Labute approximate surface area is 139 Å². The molecule has 3 aliphatic rings. The van der Waals surface area contributed by atoms with Crippen LogP contribution in [0, 0.1) is 11.8 Å². The Morgan fingerprint density at radius 2 is 1.83 bits per heavy atom. The van der Waals surface area contributed by atoms with E-state index in [0.29, 0.717) is 17.9 Å². The third-order valence-electron chi connectivity index (χ3n) is 6.08. The summed E-state index contributed by atoms with van der Waals surface area (Å²) in [7, 11) is 1.76. The molecule has 0 bridgehead atoms. The fourth-order valence-corrected chi connectivity index (χ4v) is 4.92. The highest BCUT2D eigenvalue weighted by molar-refractivity contribution is 5.89. The molecule has 1 aliphatic heterocycles. The number of rotatable bonds is 5.